The summed E-state index contributed by atoms with van der Waals surface area (Å²) in [5, 5.41) is 3.51. The molecule has 1 aromatic carbocycles. The molecule has 0 bridgehead atoms. The average molecular weight is 258 g/mol. The summed E-state index contributed by atoms with van der Waals surface area (Å²) in [5.41, 5.74) is 2.86. The van der Waals surface area contributed by atoms with Gasteiger partial charge in [0.1, 0.15) is 0 Å². The van der Waals surface area contributed by atoms with Gasteiger partial charge in [-0.15, -0.1) is 0 Å². The van der Waals surface area contributed by atoms with Crippen molar-refractivity contribution in [1.82, 2.24) is 10.2 Å². The molecular weight excluding hydrogens is 232 g/mol. The first-order chi connectivity index (χ1) is 9.28. The van der Waals surface area contributed by atoms with Crippen molar-refractivity contribution in [2.75, 3.05) is 26.7 Å². The Hall–Kier alpha value is -0.860. The zero-order valence-corrected chi connectivity index (χ0v) is 12.2. The predicted octanol–water partition coefficient (Wildman–Crippen LogP) is 2.99. The van der Waals surface area contributed by atoms with Gasteiger partial charge in [-0.1, -0.05) is 30.7 Å². The van der Waals surface area contributed by atoms with Crippen LogP contribution in [0.2, 0.25) is 0 Å². The molecule has 1 N–H and O–H groups in total. The van der Waals surface area contributed by atoms with Gasteiger partial charge in [-0.25, -0.2) is 0 Å². The van der Waals surface area contributed by atoms with E-state index in [0.29, 0.717) is 6.04 Å². The van der Waals surface area contributed by atoms with Gasteiger partial charge in [0.2, 0.25) is 0 Å². The van der Waals surface area contributed by atoms with Gasteiger partial charge in [-0.3, -0.25) is 0 Å². The topological polar surface area (TPSA) is 15.3 Å². The standard InChI is InChI=1S/C17H26N2/c1-13-6-3-4-9-16(13)17(18-2)12-19-10-14-7-5-8-15(14)11-19/h3-4,6,9,14-15,17-18H,5,7-8,10-12H2,1-2H3. The van der Waals surface area contributed by atoms with Crippen LogP contribution in [0.5, 0.6) is 0 Å². The quantitative estimate of drug-likeness (QED) is 0.893. The SMILES string of the molecule is CNC(CN1CC2CCCC2C1)c1ccccc1C. The number of aryl methyl sites for hydroxylation is 1. The maximum atomic E-state index is 3.51. The van der Waals surface area contributed by atoms with Gasteiger partial charge in [0.25, 0.3) is 0 Å². The van der Waals surface area contributed by atoms with E-state index in [1.165, 1.54) is 43.5 Å². The molecule has 1 saturated carbocycles. The van der Waals surface area contributed by atoms with E-state index in [4.69, 9.17) is 0 Å². The minimum Gasteiger partial charge on any atom is -0.312 e. The molecule has 19 heavy (non-hydrogen) atoms. The normalized spacial score (nSPS) is 28.5. The maximum Gasteiger partial charge on any atom is 0.0449 e. The fourth-order valence-corrected chi connectivity index (χ4v) is 4.06. The molecule has 0 amide bonds. The summed E-state index contributed by atoms with van der Waals surface area (Å²) in [4.78, 5) is 2.68. The van der Waals surface area contributed by atoms with E-state index in [1.807, 2.05) is 0 Å². The van der Waals surface area contributed by atoms with Gasteiger partial charge in [-0.2, -0.15) is 0 Å². The summed E-state index contributed by atoms with van der Waals surface area (Å²) in [6.45, 7) is 6.04. The molecule has 3 unspecified atom stereocenters. The number of fused-ring (bicyclic) bond motifs is 1. The van der Waals surface area contributed by atoms with Gasteiger partial charge in [0, 0.05) is 25.7 Å². The minimum absolute atomic E-state index is 0.472. The molecular formula is C17H26N2. The van der Waals surface area contributed by atoms with E-state index >= 15 is 0 Å². The number of nitrogens with one attached hydrogen (secondary N) is 1. The molecule has 2 nitrogen and oxygen atoms in total. The number of likely N-dealkylation sites (tertiary alicyclic amines) is 1. The van der Waals surface area contributed by atoms with Crippen LogP contribution in [0.3, 0.4) is 0 Å². The Morgan fingerprint density at radius 2 is 1.89 bits per heavy atom. The molecule has 2 heteroatoms. The molecule has 0 spiro atoms. The van der Waals surface area contributed by atoms with Crippen molar-refractivity contribution in [1.29, 1.82) is 0 Å². The van der Waals surface area contributed by atoms with Crippen LogP contribution in [0, 0.1) is 18.8 Å². The van der Waals surface area contributed by atoms with Crippen LogP contribution in [0.4, 0.5) is 0 Å². The molecule has 3 atom stereocenters. The first-order valence-corrected chi connectivity index (χ1v) is 7.73. The first kappa shape index (κ1) is 13.1. The number of rotatable bonds is 4. The summed E-state index contributed by atoms with van der Waals surface area (Å²) in [6.07, 6.45) is 4.40. The Bertz CT molecular complexity index is 417. The highest BCUT2D eigenvalue weighted by molar-refractivity contribution is 5.29. The average Bonchev–Trinajstić information content (AvgIpc) is 2.97. The molecule has 1 aliphatic heterocycles. The largest absolute Gasteiger partial charge is 0.312 e. The van der Waals surface area contributed by atoms with Crippen LogP contribution in [-0.2, 0) is 0 Å². The second-order valence-electron chi connectivity index (χ2n) is 6.37. The molecule has 104 valence electrons. The number of likely N-dealkylation sites (N-methyl/N-ethyl adjacent to an activating group) is 1. The number of nitrogens with zero attached hydrogens (tertiary/aromatic N) is 1. The summed E-state index contributed by atoms with van der Waals surface area (Å²) in [6, 6.07) is 9.25. The Balaban J connectivity index is 1.66. The van der Waals surface area contributed by atoms with E-state index in [2.05, 4.69) is 48.5 Å². The summed E-state index contributed by atoms with van der Waals surface area (Å²) >= 11 is 0. The third-order valence-electron chi connectivity index (χ3n) is 5.16. The van der Waals surface area contributed by atoms with Crippen LogP contribution < -0.4 is 5.32 Å². The Kier molecular flexibility index (Phi) is 3.90. The lowest BCUT2D eigenvalue weighted by Crippen LogP contribution is -2.33. The van der Waals surface area contributed by atoms with Crippen molar-refractivity contribution in [3.05, 3.63) is 35.4 Å². The minimum atomic E-state index is 0.472. The van der Waals surface area contributed by atoms with E-state index < -0.39 is 0 Å². The molecule has 3 rings (SSSR count). The second kappa shape index (κ2) is 5.64. The monoisotopic (exact) mass is 258 g/mol. The third-order valence-corrected chi connectivity index (χ3v) is 5.16. The zero-order chi connectivity index (χ0) is 13.2. The van der Waals surface area contributed by atoms with E-state index in [1.54, 1.807) is 0 Å². The fraction of sp³-hybridized carbons (Fsp3) is 0.647. The fourth-order valence-electron chi connectivity index (χ4n) is 4.06. The number of benzene rings is 1. The molecule has 0 aromatic heterocycles. The van der Waals surface area contributed by atoms with Crippen molar-refractivity contribution >= 4 is 0 Å². The van der Waals surface area contributed by atoms with E-state index in [9.17, 15) is 0 Å². The van der Waals surface area contributed by atoms with Gasteiger partial charge in [0.15, 0.2) is 0 Å². The van der Waals surface area contributed by atoms with E-state index in [-0.39, 0.29) is 0 Å². The zero-order valence-electron chi connectivity index (χ0n) is 12.2. The highest BCUT2D eigenvalue weighted by Gasteiger charge is 2.36. The number of hydrogen-bond donors (Lipinski definition) is 1. The highest BCUT2D eigenvalue weighted by atomic mass is 15.2. The van der Waals surface area contributed by atoms with Crippen LogP contribution in [0.25, 0.3) is 0 Å². The van der Waals surface area contributed by atoms with E-state index in [0.717, 1.165) is 18.4 Å². The molecule has 1 heterocycles. The lowest BCUT2D eigenvalue weighted by atomic mass is 10.0. The van der Waals surface area contributed by atoms with Crippen LogP contribution in [0.1, 0.15) is 36.4 Å². The molecule has 1 saturated heterocycles. The smallest absolute Gasteiger partial charge is 0.0449 e. The van der Waals surface area contributed by atoms with Gasteiger partial charge in [-0.05, 0) is 49.8 Å². The van der Waals surface area contributed by atoms with Crippen molar-refractivity contribution in [3.8, 4) is 0 Å². The van der Waals surface area contributed by atoms with Crippen LogP contribution in [0.15, 0.2) is 24.3 Å². The molecule has 1 aromatic rings. The number of hydrogen-bond acceptors (Lipinski definition) is 2. The van der Waals surface area contributed by atoms with Gasteiger partial charge in [0.05, 0.1) is 0 Å². The Morgan fingerprint density at radius 3 is 2.53 bits per heavy atom. The Morgan fingerprint density at radius 1 is 1.21 bits per heavy atom. The van der Waals surface area contributed by atoms with Gasteiger partial charge >= 0.3 is 0 Å². The van der Waals surface area contributed by atoms with Crippen LogP contribution in [-0.4, -0.2) is 31.6 Å². The van der Waals surface area contributed by atoms with Crippen LogP contribution >= 0.6 is 0 Å². The maximum absolute atomic E-state index is 3.51. The van der Waals surface area contributed by atoms with Crippen molar-refractivity contribution in [2.24, 2.45) is 11.8 Å². The molecule has 1 aliphatic carbocycles. The van der Waals surface area contributed by atoms with Crippen molar-refractivity contribution in [3.63, 3.8) is 0 Å². The molecule has 0 radical (unpaired) electrons. The van der Waals surface area contributed by atoms with Crippen molar-refractivity contribution in [2.45, 2.75) is 32.2 Å². The summed E-state index contributed by atoms with van der Waals surface area (Å²) in [5.74, 6) is 1.99. The highest BCUT2D eigenvalue weighted by Crippen LogP contribution is 2.38. The summed E-state index contributed by atoms with van der Waals surface area (Å²) < 4.78 is 0. The first-order valence-electron chi connectivity index (χ1n) is 7.73. The lowest BCUT2D eigenvalue weighted by Gasteiger charge is -2.25. The van der Waals surface area contributed by atoms with Gasteiger partial charge < -0.3 is 10.2 Å². The third kappa shape index (κ3) is 2.70. The Labute approximate surface area is 117 Å². The predicted molar refractivity (Wildman–Crippen MR) is 80.3 cm³/mol. The lowest BCUT2D eigenvalue weighted by molar-refractivity contribution is 0.277. The van der Waals surface area contributed by atoms with Crippen molar-refractivity contribution < 1.29 is 0 Å². The second-order valence-corrected chi connectivity index (χ2v) is 6.37. The molecule has 2 fully saturated rings. The summed E-state index contributed by atoms with van der Waals surface area (Å²) in [7, 11) is 2.09. The molecule has 2 aliphatic rings.